The second-order valence-corrected chi connectivity index (χ2v) is 18.9. The first kappa shape index (κ1) is 60.5. The number of amides is 6. The summed E-state index contributed by atoms with van der Waals surface area (Å²) in [4.78, 5) is 99.6. The fourth-order valence-corrected chi connectivity index (χ4v) is 9.09. The normalized spacial score (nSPS) is 20.4. The van der Waals surface area contributed by atoms with Gasteiger partial charge in [0.1, 0.15) is 41.2 Å². The average Bonchev–Trinajstić information content (AvgIpc) is 4.26. The molecule has 3 aliphatic heterocycles. The van der Waals surface area contributed by atoms with Gasteiger partial charge in [0, 0.05) is 65.2 Å². The Labute approximate surface area is 462 Å². The smallest absolute Gasteiger partial charge is 0.335 e. The molecular weight excluding hydrogens is 1070 g/mol. The molecule has 2 aromatic heterocycles. The van der Waals surface area contributed by atoms with E-state index in [1.54, 1.807) is 26.5 Å². The number of nitrogens with one attached hydrogen (secondary N) is 4. The molecule has 5 heterocycles. The van der Waals surface area contributed by atoms with Crippen LogP contribution in [0.5, 0.6) is 23.0 Å². The van der Waals surface area contributed by atoms with Gasteiger partial charge in [0.05, 0.1) is 67.8 Å². The second kappa shape index (κ2) is 27.4. The molecular formula is C52H65N9O20. The number of hydrogen-bond acceptors (Lipinski definition) is 20. The van der Waals surface area contributed by atoms with E-state index in [1.807, 2.05) is 0 Å². The predicted molar refractivity (Wildman–Crippen MR) is 281 cm³/mol. The van der Waals surface area contributed by atoms with E-state index in [9.17, 15) is 59.1 Å². The number of benzene rings is 2. The van der Waals surface area contributed by atoms with Gasteiger partial charge in [0.25, 0.3) is 29.5 Å². The molecule has 1 unspecified atom stereocenters. The maximum atomic E-state index is 14.5. The molecule has 3 aliphatic rings. The standard InChI is InChI=1S/C52H65N9O20/c1-27-17-36-50(72)61(41(64)26-78-30-8-9-37(32(20-30)46(68)55-11-14-76-15-16-79-53)80-52-44(67)42(65)43(66)45(81-52)51(73)74)33-22-39(38(75-4)21-31(33)49(71)60(36)23-27)77-13-6-10-54-47(69)34-19-29(25-58(34)2)57-48(70)35-18-28(24-59(35)3)56-40(63)7-5-12-62/h8-9,18-22,24-25,36,42-45,50,52,62,65-67,72H,1,5-7,10-17,23,26,53H2,2-4H3,(H,54,69)(H,55,68)(H,56,63)(H,57,70)(H,73,74)/t36-,42-,43-,44+,45-,50?,52+/m0/s1. The van der Waals surface area contributed by atoms with Crippen molar-refractivity contribution in [2.45, 2.75) is 68.7 Å². The van der Waals surface area contributed by atoms with Crippen LogP contribution in [0.4, 0.5) is 17.1 Å². The Kier molecular flexibility index (Phi) is 20.4. The zero-order valence-corrected chi connectivity index (χ0v) is 44.4. The second-order valence-electron chi connectivity index (χ2n) is 18.9. The van der Waals surface area contributed by atoms with Crippen molar-refractivity contribution in [2.24, 2.45) is 20.0 Å². The van der Waals surface area contributed by atoms with E-state index in [2.05, 4.69) is 32.7 Å². The summed E-state index contributed by atoms with van der Waals surface area (Å²) in [5, 5.41) is 72.6. The summed E-state index contributed by atoms with van der Waals surface area (Å²) in [6.07, 6.45) is -7.67. The van der Waals surface area contributed by atoms with Crippen molar-refractivity contribution >= 4 is 58.5 Å². The maximum Gasteiger partial charge on any atom is 0.335 e. The van der Waals surface area contributed by atoms with E-state index in [0.29, 0.717) is 23.4 Å². The van der Waals surface area contributed by atoms with Crippen LogP contribution in [0.2, 0.25) is 0 Å². The van der Waals surface area contributed by atoms with Gasteiger partial charge in [0.2, 0.25) is 12.2 Å². The number of carboxylic acid groups (broad SMARTS) is 1. The SMILES string of the molecule is C=C1C[C@H]2C(O)N(C(=O)COc3ccc(O[C@@H]4O[C@H](C(=O)O)[C@@H](O)[C@H](O)[C@H]4O)c(C(=O)NCCOCCON)c3)c3cc(OCCCNC(=O)c4cc(NC(=O)c5cc(NC(=O)CCCO)cn5C)cn4C)c(OC)cc3C(=O)N2C1. The summed E-state index contributed by atoms with van der Waals surface area (Å²) in [6, 6.07) is 8.39. The van der Waals surface area contributed by atoms with Gasteiger partial charge in [-0.1, -0.05) is 12.2 Å². The molecule has 7 rings (SSSR count). The zero-order valence-electron chi connectivity index (χ0n) is 44.4. The highest BCUT2D eigenvalue weighted by Gasteiger charge is 2.49. The largest absolute Gasteiger partial charge is 0.493 e. The predicted octanol–water partition coefficient (Wildman–Crippen LogP) is -1.04. The molecule has 438 valence electrons. The van der Waals surface area contributed by atoms with Crippen LogP contribution in [0, 0.1) is 0 Å². The number of nitrogens with two attached hydrogens (primary N) is 1. The van der Waals surface area contributed by atoms with Crippen LogP contribution < -0.4 is 51.0 Å². The number of aliphatic hydroxyl groups excluding tert-OH is 5. The highest BCUT2D eigenvalue weighted by atomic mass is 16.7. The minimum atomic E-state index is -2.02. The fraction of sp³-hybridized carbons (Fsp3) is 0.442. The van der Waals surface area contributed by atoms with E-state index < -0.39 is 85.1 Å². The number of fused-ring (bicyclic) bond motifs is 2. The van der Waals surface area contributed by atoms with Crippen molar-refractivity contribution in [3.63, 3.8) is 0 Å². The molecule has 7 atom stereocenters. The van der Waals surface area contributed by atoms with Crippen LogP contribution in [-0.2, 0) is 42.8 Å². The molecule has 2 aromatic carbocycles. The molecule has 0 radical (unpaired) electrons. The highest BCUT2D eigenvalue weighted by Crippen LogP contribution is 2.42. The van der Waals surface area contributed by atoms with Gasteiger partial charge in [0.15, 0.2) is 30.4 Å². The number of carbonyl (C=O) groups is 7. The minimum Gasteiger partial charge on any atom is -0.493 e. The van der Waals surface area contributed by atoms with Crippen LogP contribution in [0.1, 0.15) is 67.4 Å². The van der Waals surface area contributed by atoms with E-state index in [1.165, 1.54) is 57.5 Å². The van der Waals surface area contributed by atoms with E-state index in [-0.39, 0.29) is 129 Å². The summed E-state index contributed by atoms with van der Waals surface area (Å²) < 4.78 is 37.0. The van der Waals surface area contributed by atoms with Gasteiger partial charge in [-0.25, -0.2) is 10.7 Å². The lowest BCUT2D eigenvalue weighted by atomic mass is 9.99. The number of carboxylic acids is 1. The van der Waals surface area contributed by atoms with Gasteiger partial charge < -0.3 is 99.2 Å². The summed E-state index contributed by atoms with van der Waals surface area (Å²) >= 11 is 0. The van der Waals surface area contributed by atoms with Crippen LogP contribution in [0.15, 0.2) is 67.0 Å². The third-order valence-corrected chi connectivity index (χ3v) is 13.1. The highest BCUT2D eigenvalue weighted by molar-refractivity contribution is 6.08. The van der Waals surface area contributed by atoms with Crippen LogP contribution >= 0.6 is 0 Å². The topological polar surface area (TPSA) is 396 Å². The number of methoxy groups -OCH3 is 1. The quantitative estimate of drug-likeness (QED) is 0.0203. The summed E-state index contributed by atoms with van der Waals surface area (Å²) in [7, 11) is 4.61. The molecule has 2 saturated heterocycles. The number of aryl methyl sites for hydroxylation is 2. The molecule has 0 bridgehead atoms. The number of nitrogens with zero attached hydrogens (tertiary/aromatic N) is 4. The molecule has 4 aromatic rings. The van der Waals surface area contributed by atoms with Crippen molar-refractivity contribution in [1.82, 2.24) is 24.7 Å². The molecule has 12 N–H and O–H groups in total. The van der Waals surface area contributed by atoms with Gasteiger partial charge in [-0.3, -0.25) is 33.7 Å². The Hall–Kier alpha value is -8.13. The van der Waals surface area contributed by atoms with Crippen molar-refractivity contribution in [3.05, 3.63) is 89.5 Å². The minimum absolute atomic E-state index is 0.00838. The molecule has 81 heavy (non-hydrogen) atoms. The summed E-state index contributed by atoms with van der Waals surface area (Å²) in [6.45, 7) is 3.38. The van der Waals surface area contributed by atoms with E-state index in [0.717, 1.165) is 11.0 Å². The lowest BCUT2D eigenvalue weighted by molar-refractivity contribution is -0.271. The lowest BCUT2D eigenvalue weighted by Crippen LogP contribution is -2.61. The number of aliphatic hydroxyl groups is 5. The van der Waals surface area contributed by atoms with Crippen molar-refractivity contribution < 1.29 is 97.5 Å². The third kappa shape index (κ3) is 14.4. The summed E-state index contributed by atoms with van der Waals surface area (Å²) in [5.41, 5.74) is 1.42. The third-order valence-electron chi connectivity index (χ3n) is 13.1. The number of carbonyl (C=O) groups excluding carboxylic acids is 6. The average molecular weight is 1140 g/mol. The first-order valence-electron chi connectivity index (χ1n) is 25.4. The van der Waals surface area contributed by atoms with Crippen molar-refractivity contribution in [3.8, 4) is 23.0 Å². The van der Waals surface area contributed by atoms with Gasteiger partial charge >= 0.3 is 5.97 Å². The fourth-order valence-electron chi connectivity index (χ4n) is 9.09. The molecule has 29 heteroatoms. The Bertz CT molecular complexity index is 2980. The Morgan fingerprint density at radius 3 is 2.19 bits per heavy atom. The Balaban J connectivity index is 1.03. The van der Waals surface area contributed by atoms with Crippen molar-refractivity contribution in [1.29, 1.82) is 0 Å². The summed E-state index contributed by atoms with van der Waals surface area (Å²) in [5.74, 6) is -0.389. The van der Waals surface area contributed by atoms with E-state index in [4.69, 9.17) is 39.4 Å². The zero-order chi connectivity index (χ0) is 58.7. The first-order chi connectivity index (χ1) is 38.7. The van der Waals surface area contributed by atoms with E-state index >= 15 is 0 Å². The van der Waals surface area contributed by atoms with Crippen molar-refractivity contribution in [2.75, 3.05) is 81.9 Å². The maximum absolute atomic E-state index is 14.5. The Morgan fingerprint density at radius 2 is 1.49 bits per heavy atom. The molecule has 0 saturated carbocycles. The number of rotatable bonds is 26. The van der Waals surface area contributed by atoms with Crippen LogP contribution in [0.25, 0.3) is 0 Å². The molecule has 0 aliphatic carbocycles. The monoisotopic (exact) mass is 1140 g/mol. The van der Waals surface area contributed by atoms with Crippen LogP contribution in [0.3, 0.4) is 0 Å². The first-order valence-corrected chi connectivity index (χ1v) is 25.4. The number of hydrogen-bond donors (Lipinski definition) is 11. The Morgan fingerprint density at radius 1 is 0.790 bits per heavy atom. The number of ether oxygens (including phenoxy) is 6. The van der Waals surface area contributed by atoms with Gasteiger partial charge in [-0.2, -0.15) is 0 Å². The van der Waals surface area contributed by atoms with Gasteiger partial charge in [-0.15, -0.1) is 0 Å². The molecule has 2 fully saturated rings. The number of aromatic nitrogens is 2. The molecule has 6 amide bonds. The lowest BCUT2D eigenvalue weighted by Gasteiger charge is -2.38. The number of anilines is 3. The van der Waals surface area contributed by atoms with Gasteiger partial charge in [-0.05, 0) is 55.7 Å². The number of aliphatic carboxylic acids is 1. The van der Waals surface area contributed by atoms with Crippen LogP contribution in [-0.4, -0.2) is 195 Å². The molecule has 29 nitrogen and oxygen atoms in total. The molecule has 0 spiro atoms.